The van der Waals surface area contributed by atoms with E-state index in [1.807, 2.05) is 36.4 Å². The lowest BCUT2D eigenvalue weighted by atomic mass is 10.1. The van der Waals surface area contributed by atoms with Gasteiger partial charge in [0.05, 0.1) is 16.6 Å². The number of hydrogen-bond acceptors (Lipinski definition) is 6. The third kappa shape index (κ3) is 3.98. The van der Waals surface area contributed by atoms with Gasteiger partial charge in [0.15, 0.2) is 0 Å². The first-order valence-corrected chi connectivity index (χ1v) is 11.3. The molecule has 1 aliphatic rings. The van der Waals surface area contributed by atoms with Crippen molar-refractivity contribution in [3.05, 3.63) is 69.8 Å². The maximum atomic E-state index is 12.6. The van der Waals surface area contributed by atoms with Crippen molar-refractivity contribution < 1.29 is 9.32 Å². The molecule has 1 saturated heterocycles. The SMILES string of the molecule is CCc1nc(-c2cccc(-c3noc([C@@H]4CC(=O)N(c5cccc(Cl)c5)C4)n3)c2)cs1. The van der Waals surface area contributed by atoms with E-state index in [1.165, 1.54) is 0 Å². The van der Waals surface area contributed by atoms with Crippen molar-refractivity contribution in [3.8, 4) is 22.6 Å². The molecule has 0 radical (unpaired) electrons. The van der Waals surface area contributed by atoms with E-state index < -0.39 is 0 Å². The Morgan fingerprint density at radius 1 is 1.16 bits per heavy atom. The molecule has 6 nitrogen and oxygen atoms in total. The van der Waals surface area contributed by atoms with Gasteiger partial charge in [-0.05, 0) is 30.7 Å². The molecule has 2 aromatic heterocycles. The van der Waals surface area contributed by atoms with Crippen LogP contribution in [0.4, 0.5) is 5.69 Å². The van der Waals surface area contributed by atoms with Gasteiger partial charge in [0.1, 0.15) is 0 Å². The topological polar surface area (TPSA) is 72.1 Å². The summed E-state index contributed by atoms with van der Waals surface area (Å²) < 4.78 is 5.55. The maximum absolute atomic E-state index is 12.6. The zero-order chi connectivity index (χ0) is 21.4. The van der Waals surface area contributed by atoms with Gasteiger partial charge in [0.25, 0.3) is 0 Å². The summed E-state index contributed by atoms with van der Waals surface area (Å²) in [5.74, 6) is 0.850. The van der Waals surface area contributed by atoms with Crippen LogP contribution >= 0.6 is 22.9 Å². The Morgan fingerprint density at radius 2 is 2.00 bits per heavy atom. The van der Waals surface area contributed by atoms with Gasteiger partial charge in [-0.2, -0.15) is 4.98 Å². The highest BCUT2D eigenvalue weighted by atomic mass is 35.5. The van der Waals surface area contributed by atoms with Crippen LogP contribution in [0.2, 0.25) is 5.02 Å². The molecular weight excluding hydrogens is 432 g/mol. The molecule has 31 heavy (non-hydrogen) atoms. The number of rotatable bonds is 5. The number of anilines is 1. The van der Waals surface area contributed by atoms with E-state index >= 15 is 0 Å². The predicted molar refractivity (Wildman–Crippen MR) is 121 cm³/mol. The summed E-state index contributed by atoms with van der Waals surface area (Å²) in [5, 5.41) is 7.94. The van der Waals surface area contributed by atoms with Gasteiger partial charge in [-0.3, -0.25) is 4.79 Å². The summed E-state index contributed by atoms with van der Waals surface area (Å²) in [7, 11) is 0. The monoisotopic (exact) mass is 450 g/mol. The van der Waals surface area contributed by atoms with Gasteiger partial charge in [0, 0.05) is 40.2 Å². The lowest BCUT2D eigenvalue weighted by molar-refractivity contribution is -0.117. The minimum absolute atomic E-state index is 0.0178. The van der Waals surface area contributed by atoms with Gasteiger partial charge in [0.2, 0.25) is 17.6 Å². The van der Waals surface area contributed by atoms with E-state index in [0.29, 0.717) is 29.7 Å². The molecule has 1 amide bonds. The largest absolute Gasteiger partial charge is 0.339 e. The fourth-order valence-corrected chi connectivity index (χ4v) is 4.65. The normalized spacial score (nSPS) is 16.3. The van der Waals surface area contributed by atoms with Crippen LogP contribution in [-0.4, -0.2) is 27.6 Å². The molecule has 156 valence electrons. The van der Waals surface area contributed by atoms with Gasteiger partial charge in [-0.25, -0.2) is 4.98 Å². The second-order valence-electron chi connectivity index (χ2n) is 7.40. The molecule has 0 N–H and O–H groups in total. The summed E-state index contributed by atoms with van der Waals surface area (Å²) in [5.41, 5.74) is 3.60. The van der Waals surface area contributed by atoms with E-state index in [2.05, 4.69) is 27.4 Å². The Kier molecular flexibility index (Phi) is 5.29. The van der Waals surface area contributed by atoms with Crippen LogP contribution in [0.5, 0.6) is 0 Å². The molecule has 4 aromatic rings. The van der Waals surface area contributed by atoms with Crippen LogP contribution in [0.3, 0.4) is 0 Å². The van der Waals surface area contributed by atoms with E-state index in [4.69, 9.17) is 16.1 Å². The molecule has 8 heteroatoms. The van der Waals surface area contributed by atoms with E-state index in [9.17, 15) is 4.79 Å². The first kappa shape index (κ1) is 19.9. The van der Waals surface area contributed by atoms with Crippen molar-refractivity contribution in [1.82, 2.24) is 15.1 Å². The minimum atomic E-state index is -0.151. The van der Waals surface area contributed by atoms with E-state index in [1.54, 1.807) is 28.4 Å². The number of halogens is 1. The summed E-state index contributed by atoms with van der Waals surface area (Å²) in [6.07, 6.45) is 1.25. The standard InChI is InChI=1S/C23H19ClN4O2S/c1-2-20-25-19(13-31-20)14-5-3-6-15(9-14)22-26-23(30-27-22)16-10-21(29)28(12-16)18-8-4-7-17(24)11-18/h3-9,11,13,16H,2,10,12H2,1H3/t16-/m1/s1. The van der Waals surface area contributed by atoms with Gasteiger partial charge >= 0.3 is 0 Å². The zero-order valence-corrected chi connectivity index (χ0v) is 18.4. The molecule has 1 fully saturated rings. The van der Waals surface area contributed by atoms with Crippen molar-refractivity contribution in [1.29, 1.82) is 0 Å². The maximum Gasteiger partial charge on any atom is 0.232 e. The first-order chi connectivity index (χ1) is 15.1. The number of carbonyl (C=O) groups excluding carboxylic acids is 1. The number of benzene rings is 2. The molecule has 0 bridgehead atoms. The van der Waals surface area contributed by atoms with E-state index in [0.717, 1.165) is 33.9 Å². The van der Waals surface area contributed by atoms with Crippen LogP contribution in [0.1, 0.15) is 30.2 Å². The average molecular weight is 451 g/mol. The molecule has 0 spiro atoms. The van der Waals surface area contributed by atoms with Crippen molar-refractivity contribution >= 4 is 34.5 Å². The van der Waals surface area contributed by atoms with E-state index in [-0.39, 0.29) is 11.8 Å². The van der Waals surface area contributed by atoms with Gasteiger partial charge in [-0.15, -0.1) is 11.3 Å². The molecule has 1 atom stereocenters. The van der Waals surface area contributed by atoms with Gasteiger partial charge in [-0.1, -0.05) is 47.9 Å². The van der Waals surface area contributed by atoms with Crippen molar-refractivity contribution in [2.24, 2.45) is 0 Å². The third-order valence-corrected chi connectivity index (χ3v) is 6.53. The molecule has 0 unspecified atom stereocenters. The molecule has 3 heterocycles. The van der Waals surface area contributed by atoms with Crippen LogP contribution in [-0.2, 0) is 11.2 Å². The Bertz CT molecular complexity index is 1250. The molecule has 1 aliphatic heterocycles. The molecular formula is C23H19ClN4O2S. The zero-order valence-electron chi connectivity index (χ0n) is 16.8. The lowest BCUT2D eigenvalue weighted by Gasteiger charge is -2.16. The Balaban J connectivity index is 1.37. The second kappa shape index (κ2) is 8.24. The predicted octanol–water partition coefficient (Wildman–Crippen LogP) is 5.60. The highest BCUT2D eigenvalue weighted by Gasteiger charge is 2.35. The summed E-state index contributed by atoms with van der Waals surface area (Å²) in [4.78, 5) is 23.5. The number of amides is 1. The molecule has 5 rings (SSSR count). The highest BCUT2D eigenvalue weighted by Crippen LogP contribution is 2.33. The van der Waals surface area contributed by atoms with Crippen LogP contribution in [0.15, 0.2) is 58.4 Å². The van der Waals surface area contributed by atoms with Crippen molar-refractivity contribution in [2.75, 3.05) is 11.4 Å². The fourth-order valence-electron chi connectivity index (χ4n) is 3.71. The quantitative estimate of drug-likeness (QED) is 0.396. The molecule has 2 aromatic carbocycles. The third-order valence-electron chi connectivity index (χ3n) is 5.31. The van der Waals surface area contributed by atoms with Crippen LogP contribution < -0.4 is 4.90 Å². The second-order valence-corrected chi connectivity index (χ2v) is 8.78. The number of nitrogens with zero attached hydrogens (tertiary/aromatic N) is 4. The van der Waals surface area contributed by atoms with Crippen LogP contribution in [0.25, 0.3) is 22.6 Å². The summed E-state index contributed by atoms with van der Waals surface area (Å²) >= 11 is 7.74. The first-order valence-electron chi connectivity index (χ1n) is 10.1. The fraction of sp³-hybridized carbons (Fsp3) is 0.217. The number of thiazole rings is 1. The number of aryl methyl sites for hydroxylation is 1. The van der Waals surface area contributed by atoms with Crippen LogP contribution in [0, 0.1) is 0 Å². The van der Waals surface area contributed by atoms with Crippen molar-refractivity contribution in [3.63, 3.8) is 0 Å². The number of carbonyl (C=O) groups is 1. The number of aromatic nitrogens is 3. The van der Waals surface area contributed by atoms with Gasteiger partial charge < -0.3 is 9.42 Å². The molecule has 0 saturated carbocycles. The Labute approximate surface area is 188 Å². The summed E-state index contributed by atoms with van der Waals surface area (Å²) in [6, 6.07) is 15.2. The highest BCUT2D eigenvalue weighted by molar-refractivity contribution is 7.09. The summed E-state index contributed by atoms with van der Waals surface area (Å²) in [6.45, 7) is 2.58. The minimum Gasteiger partial charge on any atom is -0.339 e. The Hall–Kier alpha value is -3.03. The van der Waals surface area contributed by atoms with Crippen molar-refractivity contribution in [2.45, 2.75) is 25.7 Å². The smallest absolute Gasteiger partial charge is 0.232 e. The molecule has 0 aliphatic carbocycles. The average Bonchev–Trinajstić information content (AvgIpc) is 3.53. The lowest BCUT2D eigenvalue weighted by Crippen LogP contribution is -2.24. The number of hydrogen-bond donors (Lipinski definition) is 0. The Morgan fingerprint density at radius 3 is 2.81 bits per heavy atom.